The number of hydrogen-bond acceptors (Lipinski definition) is 6. The van der Waals surface area contributed by atoms with Gasteiger partial charge >= 0.3 is 0 Å². The van der Waals surface area contributed by atoms with E-state index in [4.69, 9.17) is 0 Å². The first-order valence-corrected chi connectivity index (χ1v) is 5.32. The number of aromatic nitrogens is 5. The van der Waals surface area contributed by atoms with E-state index in [1.807, 2.05) is 7.05 Å². The Hall–Kier alpha value is -1.76. The lowest BCUT2D eigenvalue weighted by Crippen LogP contribution is -2.44. The average Bonchev–Trinajstić information content (AvgIpc) is 2.73. The van der Waals surface area contributed by atoms with Gasteiger partial charge in [0, 0.05) is 33.2 Å². The zero-order valence-corrected chi connectivity index (χ0v) is 9.09. The predicted molar refractivity (Wildman–Crippen MR) is 59.2 cm³/mol. The van der Waals surface area contributed by atoms with Crippen LogP contribution in [0.5, 0.6) is 0 Å². The molecule has 0 aromatic carbocycles. The third-order valence-corrected chi connectivity index (χ3v) is 2.80. The Bertz CT molecular complexity index is 500. The molecule has 1 aliphatic heterocycles. The maximum Gasteiger partial charge on any atom is 0.207 e. The van der Waals surface area contributed by atoms with Gasteiger partial charge in [-0.3, -0.25) is 0 Å². The van der Waals surface area contributed by atoms with Crippen LogP contribution in [0.4, 0.5) is 5.82 Å². The zero-order valence-electron chi connectivity index (χ0n) is 9.09. The molecule has 0 aliphatic carbocycles. The fourth-order valence-corrected chi connectivity index (χ4v) is 1.99. The molecule has 0 radical (unpaired) electrons. The Balaban J connectivity index is 2.10. The van der Waals surface area contributed by atoms with Crippen molar-refractivity contribution in [3.63, 3.8) is 0 Å². The fourth-order valence-electron chi connectivity index (χ4n) is 1.99. The van der Waals surface area contributed by atoms with Gasteiger partial charge in [-0.25, -0.2) is 14.6 Å². The summed E-state index contributed by atoms with van der Waals surface area (Å²) in [6.45, 7) is 3.88. The normalized spacial score (nSPS) is 16.9. The van der Waals surface area contributed by atoms with Crippen LogP contribution in [0.2, 0.25) is 0 Å². The highest BCUT2D eigenvalue weighted by Crippen LogP contribution is 2.20. The quantitative estimate of drug-likeness (QED) is 0.675. The van der Waals surface area contributed by atoms with E-state index in [0.29, 0.717) is 5.65 Å². The van der Waals surface area contributed by atoms with E-state index in [2.05, 4.69) is 30.5 Å². The van der Waals surface area contributed by atoms with Crippen LogP contribution < -0.4 is 10.2 Å². The van der Waals surface area contributed by atoms with Crippen molar-refractivity contribution in [1.82, 2.24) is 30.3 Å². The molecule has 1 N–H and O–H groups in total. The van der Waals surface area contributed by atoms with Crippen LogP contribution in [0.1, 0.15) is 0 Å². The number of hydrogen-bond donors (Lipinski definition) is 1. The first kappa shape index (κ1) is 9.46. The molecule has 0 amide bonds. The summed E-state index contributed by atoms with van der Waals surface area (Å²) >= 11 is 0. The molecule has 3 rings (SSSR count). The van der Waals surface area contributed by atoms with E-state index in [9.17, 15) is 0 Å². The molecule has 0 spiro atoms. The minimum atomic E-state index is 0.658. The molecule has 1 saturated heterocycles. The minimum absolute atomic E-state index is 0.658. The minimum Gasteiger partial charge on any atom is -0.352 e. The third kappa shape index (κ3) is 1.40. The van der Waals surface area contributed by atoms with Crippen LogP contribution in [-0.4, -0.2) is 51.1 Å². The number of anilines is 1. The van der Waals surface area contributed by atoms with Crippen molar-refractivity contribution in [3.05, 3.63) is 6.33 Å². The van der Waals surface area contributed by atoms with E-state index in [0.717, 1.165) is 37.5 Å². The highest BCUT2D eigenvalue weighted by molar-refractivity contribution is 5.82. The van der Waals surface area contributed by atoms with Gasteiger partial charge in [-0.2, -0.15) is 0 Å². The SMILES string of the molecule is Cn1nnc2ncnc(N3CCNCC3)c21. The van der Waals surface area contributed by atoms with Gasteiger partial charge in [-0.05, 0) is 0 Å². The molecule has 0 atom stereocenters. The third-order valence-electron chi connectivity index (χ3n) is 2.80. The number of rotatable bonds is 1. The van der Waals surface area contributed by atoms with E-state index in [1.54, 1.807) is 11.0 Å². The molecular formula is C9H13N7. The van der Waals surface area contributed by atoms with Gasteiger partial charge in [0.1, 0.15) is 11.8 Å². The summed E-state index contributed by atoms with van der Waals surface area (Å²) in [6.07, 6.45) is 1.55. The van der Waals surface area contributed by atoms with Crippen molar-refractivity contribution in [2.45, 2.75) is 0 Å². The van der Waals surface area contributed by atoms with Gasteiger partial charge in [0.05, 0.1) is 0 Å². The molecule has 7 nitrogen and oxygen atoms in total. The lowest BCUT2D eigenvalue weighted by molar-refractivity contribution is 0.584. The highest BCUT2D eigenvalue weighted by atomic mass is 15.4. The molecule has 2 aromatic rings. The van der Waals surface area contributed by atoms with Crippen molar-refractivity contribution >= 4 is 17.0 Å². The van der Waals surface area contributed by atoms with Crippen molar-refractivity contribution in [1.29, 1.82) is 0 Å². The summed E-state index contributed by atoms with van der Waals surface area (Å²) in [5.74, 6) is 0.930. The lowest BCUT2D eigenvalue weighted by atomic mass is 10.3. The van der Waals surface area contributed by atoms with E-state index < -0.39 is 0 Å². The van der Waals surface area contributed by atoms with Crippen LogP contribution in [0, 0.1) is 0 Å². The molecule has 3 heterocycles. The molecular weight excluding hydrogens is 206 g/mol. The second kappa shape index (κ2) is 3.67. The van der Waals surface area contributed by atoms with Crippen molar-refractivity contribution in [2.75, 3.05) is 31.1 Å². The maximum absolute atomic E-state index is 4.35. The van der Waals surface area contributed by atoms with Crippen LogP contribution >= 0.6 is 0 Å². The molecule has 0 unspecified atom stereocenters. The second-order valence-electron chi connectivity index (χ2n) is 3.82. The molecule has 16 heavy (non-hydrogen) atoms. The van der Waals surface area contributed by atoms with Crippen LogP contribution in [-0.2, 0) is 7.05 Å². The topological polar surface area (TPSA) is 71.8 Å². The van der Waals surface area contributed by atoms with E-state index in [-0.39, 0.29) is 0 Å². The van der Waals surface area contributed by atoms with Gasteiger partial charge in [0.25, 0.3) is 0 Å². The molecule has 84 valence electrons. The molecule has 7 heteroatoms. The Morgan fingerprint density at radius 2 is 2.06 bits per heavy atom. The fraction of sp³-hybridized carbons (Fsp3) is 0.556. The monoisotopic (exact) mass is 219 g/mol. The Kier molecular flexibility index (Phi) is 2.17. The zero-order chi connectivity index (χ0) is 11.0. The number of piperazine rings is 1. The number of nitrogens with one attached hydrogen (secondary N) is 1. The molecule has 0 bridgehead atoms. The van der Waals surface area contributed by atoms with Crippen molar-refractivity contribution in [2.24, 2.45) is 7.05 Å². The highest BCUT2D eigenvalue weighted by Gasteiger charge is 2.17. The number of fused-ring (bicyclic) bond motifs is 1. The van der Waals surface area contributed by atoms with E-state index in [1.165, 1.54) is 0 Å². The Morgan fingerprint density at radius 3 is 2.88 bits per heavy atom. The molecule has 0 saturated carbocycles. The van der Waals surface area contributed by atoms with Gasteiger partial charge in [0.15, 0.2) is 5.82 Å². The van der Waals surface area contributed by atoms with Gasteiger partial charge in [-0.1, -0.05) is 5.21 Å². The predicted octanol–water partition coefficient (Wildman–Crippen LogP) is -0.832. The van der Waals surface area contributed by atoms with E-state index >= 15 is 0 Å². The standard InChI is InChI=1S/C9H13N7/c1-15-7-8(13-14-15)11-6-12-9(7)16-4-2-10-3-5-16/h6,10H,2-5H2,1H3. The molecule has 2 aromatic heterocycles. The maximum atomic E-state index is 4.35. The smallest absolute Gasteiger partial charge is 0.207 e. The summed E-state index contributed by atoms with van der Waals surface area (Å²) < 4.78 is 1.73. The summed E-state index contributed by atoms with van der Waals surface area (Å²) in [6, 6.07) is 0. The van der Waals surface area contributed by atoms with Crippen molar-refractivity contribution < 1.29 is 0 Å². The Morgan fingerprint density at radius 1 is 1.25 bits per heavy atom. The summed E-state index contributed by atoms with van der Waals surface area (Å²) in [7, 11) is 1.87. The average molecular weight is 219 g/mol. The van der Waals surface area contributed by atoms with Crippen molar-refractivity contribution in [3.8, 4) is 0 Å². The summed E-state index contributed by atoms with van der Waals surface area (Å²) in [4.78, 5) is 10.7. The first-order chi connectivity index (χ1) is 7.86. The number of aryl methyl sites for hydroxylation is 1. The van der Waals surface area contributed by atoms with Gasteiger partial charge < -0.3 is 10.2 Å². The lowest BCUT2D eigenvalue weighted by Gasteiger charge is -2.28. The van der Waals surface area contributed by atoms with Gasteiger partial charge in [0.2, 0.25) is 5.65 Å². The molecule has 1 fully saturated rings. The largest absolute Gasteiger partial charge is 0.352 e. The Labute approximate surface area is 92.5 Å². The second-order valence-corrected chi connectivity index (χ2v) is 3.82. The first-order valence-electron chi connectivity index (χ1n) is 5.32. The van der Waals surface area contributed by atoms with Crippen LogP contribution in [0.25, 0.3) is 11.2 Å². The summed E-state index contributed by atoms with van der Waals surface area (Å²) in [5.41, 5.74) is 1.57. The van der Waals surface area contributed by atoms with Crippen LogP contribution in [0.15, 0.2) is 6.33 Å². The van der Waals surface area contributed by atoms with Gasteiger partial charge in [-0.15, -0.1) is 5.10 Å². The van der Waals surface area contributed by atoms with Crippen LogP contribution in [0.3, 0.4) is 0 Å². The number of nitrogens with zero attached hydrogens (tertiary/aromatic N) is 6. The molecule has 1 aliphatic rings. The summed E-state index contributed by atoms with van der Waals surface area (Å²) in [5, 5.41) is 11.3.